The van der Waals surface area contributed by atoms with E-state index >= 15 is 0 Å². The van der Waals surface area contributed by atoms with Gasteiger partial charge in [-0.1, -0.05) is 0 Å². The minimum absolute atomic E-state index is 0.287. The second-order valence-electron chi connectivity index (χ2n) is 8.85. The molecule has 1 heterocycles. The number of rotatable bonds is 2. The Bertz CT molecular complexity index is 856. The monoisotopic (exact) mass is 390 g/mol. The molecule has 0 spiro atoms. The molecule has 0 atom stereocenters. The van der Waals surface area contributed by atoms with E-state index in [0.717, 1.165) is 16.2 Å². The molecule has 2 aromatic rings. The third-order valence-corrected chi connectivity index (χ3v) is 8.83. The number of carbonyl (C=O) groups is 1. The van der Waals surface area contributed by atoms with Gasteiger partial charge in [0, 0.05) is 0 Å². The van der Waals surface area contributed by atoms with Crippen LogP contribution in [0.4, 0.5) is 4.79 Å². The average molecular weight is 390 g/mol. The van der Waals surface area contributed by atoms with Crippen molar-refractivity contribution >= 4 is 37.0 Å². The fourth-order valence-corrected chi connectivity index (χ4v) is 4.30. The van der Waals surface area contributed by atoms with E-state index in [1.54, 1.807) is 26.8 Å². The number of carbonyl (C=O) groups excluding carboxylic acids is 1. The second kappa shape index (κ2) is 6.77. The van der Waals surface area contributed by atoms with Crippen LogP contribution in [0.15, 0.2) is 36.4 Å². The minimum atomic E-state index is -2.00. The normalized spacial score (nSPS) is 19.7. The van der Waals surface area contributed by atoms with Crippen LogP contribution in [0, 0.1) is 0 Å². The topological polar surface area (TPSA) is 54.0 Å². The molecule has 1 saturated heterocycles. The predicted molar refractivity (Wildman–Crippen MR) is 113 cm³/mol. The maximum absolute atomic E-state index is 12.1. The summed E-state index contributed by atoms with van der Waals surface area (Å²) in [7, 11) is -2.42. The van der Waals surface area contributed by atoms with E-state index in [1.165, 1.54) is 0 Å². The van der Waals surface area contributed by atoms with Crippen LogP contribution in [0.3, 0.4) is 0 Å². The Labute approximate surface area is 161 Å². The molecule has 0 radical (unpaired) electrons. The van der Waals surface area contributed by atoms with Crippen molar-refractivity contribution in [3.8, 4) is 5.75 Å². The summed E-state index contributed by atoms with van der Waals surface area (Å²) in [4.78, 5) is 12.1. The molecule has 7 heteroatoms. The number of hydrogen-bond donors (Lipinski definition) is 0. The summed E-state index contributed by atoms with van der Waals surface area (Å²) in [6.45, 7) is 13.9. The summed E-state index contributed by atoms with van der Waals surface area (Å²) < 4.78 is 23.3. The van der Waals surface area contributed by atoms with Crippen molar-refractivity contribution in [2.45, 2.75) is 45.6 Å². The first-order valence-corrected chi connectivity index (χ1v) is 12.1. The van der Waals surface area contributed by atoms with Crippen LogP contribution in [-0.2, 0) is 13.8 Å². The van der Waals surface area contributed by atoms with Crippen molar-refractivity contribution in [2.24, 2.45) is 0 Å². The molecule has 146 valence electrons. The van der Waals surface area contributed by atoms with Gasteiger partial charge in [0.15, 0.2) is 0 Å². The maximum atomic E-state index is 12.1. The molecule has 0 aromatic heterocycles. The summed E-state index contributed by atoms with van der Waals surface area (Å²) in [5.41, 5.74) is 0.327. The zero-order valence-corrected chi connectivity index (χ0v) is 18.1. The van der Waals surface area contributed by atoms with E-state index in [2.05, 4.69) is 27.2 Å². The molecule has 1 aliphatic rings. The summed E-state index contributed by atoms with van der Waals surface area (Å²) in [5.74, 6) is 0.456. The van der Waals surface area contributed by atoms with Crippen LogP contribution in [0.1, 0.15) is 34.6 Å². The third-order valence-electron chi connectivity index (χ3n) is 5.01. The van der Waals surface area contributed by atoms with Crippen molar-refractivity contribution in [1.82, 2.24) is 0 Å². The first-order chi connectivity index (χ1) is 12.4. The zero-order chi connectivity index (χ0) is 20.0. The summed E-state index contributed by atoms with van der Waals surface area (Å²) in [6.07, 6.45) is -0.719. The van der Waals surface area contributed by atoms with Gasteiger partial charge in [-0.2, -0.15) is 0 Å². The van der Waals surface area contributed by atoms with E-state index in [0.29, 0.717) is 5.75 Å². The molecule has 0 bridgehead atoms. The van der Waals surface area contributed by atoms with Crippen LogP contribution in [0.25, 0.3) is 10.8 Å². The number of fused-ring (bicyclic) bond motifs is 1. The Hall–Kier alpha value is -1.62. The van der Waals surface area contributed by atoms with Gasteiger partial charge in [0.05, 0.1) is 0 Å². The SMILES string of the molecule is CC(C)(C)OC(=O)Oc1ccc(B2OC(C)(C)[PH](C)(C)O2)c2ccccc12. The van der Waals surface area contributed by atoms with E-state index in [9.17, 15) is 4.79 Å². The van der Waals surface area contributed by atoms with Gasteiger partial charge in [-0.05, 0) is 0 Å². The number of benzene rings is 2. The Balaban J connectivity index is 1.96. The Morgan fingerprint density at radius 3 is 2.26 bits per heavy atom. The van der Waals surface area contributed by atoms with Crippen LogP contribution < -0.4 is 10.2 Å². The summed E-state index contributed by atoms with van der Waals surface area (Å²) >= 11 is 0. The van der Waals surface area contributed by atoms with E-state index in [-0.39, 0.29) is 5.34 Å². The van der Waals surface area contributed by atoms with Crippen molar-refractivity contribution in [3.05, 3.63) is 36.4 Å². The van der Waals surface area contributed by atoms with E-state index in [4.69, 9.17) is 18.6 Å². The second-order valence-corrected chi connectivity index (χ2v) is 13.3. The molecule has 5 nitrogen and oxygen atoms in total. The Morgan fingerprint density at radius 1 is 1.07 bits per heavy atom. The average Bonchev–Trinajstić information content (AvgIpc) is 2.73. The quantitative estimate of drug-likeness (QED) is 0.326. The first-order valence-electron chi connectivity index (χ1n) is 9.18. The third kappa shape index (κ3) is 4.13. The molecule has 0 saturated carbocycles. The molecule has 1 aliphatic heterocycles. The molecular formula is C20H28BO5P. The fraction of sp³-hybridized carbons (Fsp3) is 0.450. The van der Waals surface area contributed by atoms with Crippen molar-refractivity contribution in [3.63, 3.8) is 0 Å². The van der Waals surface area contributed by atoms with Gasteiger partial charge in [0.1, 0.15) is 0 Å². The van der Waals surface area contributed by atoms with Gasteiger partial charge in [-0.15, -0.1) is 0 Å². The van der Waals surface area contributed by atoms with Crippen molar-refractivity contribution < 1.29 is 23.4 Å². The zero-order valence-electron chi connectivity index (χ0n) is 17.1. The van der Waals surface area contributed by atoms with Crippen LogP contribution in [-0.4, -0.2) is 37.5 Å². The standard InChI is InChI=1S/C20H28BO5P/c1-19(2,3)24-18(22)23-17-13-12-16(14-10-8-9-11-15(14)17)21-25-20(4,5)27(6,7)26-21/h8-13,27H,1-7H3. The Kier molecular flexibility index (Phi) is 5.05. The van der Waals surface area contributed by atoms with Crippen LogP contribution in [0.5, 0.6) is 5.75 Å². The molecule has 27 heavy (non-hydrogen) atoms. The van der Waals surface area contributed by atoms with Gasteiger partial charge in [0.25, 0.3) is 0 Å². The van der Waals surface area contributed by atoms with Crippen LogP contribution in [0.2, 0.25) is 0 Å². The summed E-state index contributed by atoms with van der Waals surface area (Å²) in [5, 5.41) is 1.47. The predicted octanol–water partition coefficient (Wildman–Crippen LogP) is 4.56. The molecule has 0 unspecified atom stereocenters. The number of hydrogen-bond acceptors (Lipinski definition) is 5. The van der Waals surface area contributed by atoms with E-state index in [1.807, 2.05) is 30.3 Å². The van der Waals surface area contributed by atoms with Crippen molar-refractivity contribution in [1.29, 1.82) is 0 Å². The molecular weight excluding hydrogens is 362 g/mol. The van der Waals surface area contributed by atoms with Crippen LogP contribution >= 0.6 is 7.49 Å². The van der Waals surface area contributed by atoms with Gasteiger partial charge in [-0.25, -0.2) is 0 Å². The molecule has 3 rings (SSSR count). The molecule has 1 fully saturated rings. The van der Waals surface area contributed by atoms with Crippen molar-refractivity contribution in [2.75, 3.05) is 13.3 Å². The molecule has 0 aliphatic carbocycles. The van der Waals surface area contributed by atoms with Gasteiger partial charge >= 0.3 is 161 Å². The van der Waals surface area contributed by atoms with Gasteiger partial charge < -0.3 is 0 Å². The van der Waals surface area contributed by atoms with Gasteiger partial charge in [-0.3, -0.25) is 0 Å². The van der Waals surface area contributed by atoms with E-state index < -0.39 is 26.4 Å². The summed E-state index contributed by atoms with van der Waals surface area (Å²) in [6, 6.07) is 11.4. The molecule has 0 N–H and O–H groups in total. The fourth-order valence-electron chi connectivity index (χ4n) is 2.92. The molecule has 2 aromatic carbocycles. The van der Waals surface area contributed by atoms with Gasteiger partial charge in [0.2, 0.25) is 0 Å². The number of ether oxygens (including phenoxy) is 2. The first kappa shape index (κ1) is 20.1. The molecule has 0 amide bonds. The Morgan fingerprint density at radius 2 is 1.70 bits per heavy atom.